The predicted molar refractivity (Wildman–Crippen MR) is 63.0 cm³/mol. The van der Waals surface area contributed by atoms with Crippen molar-refractivity contribution in [2.45, 2.75) is 13.0 Å². The Hall–Kier alpha value is -2.11. The number of rotatable bonds is 3. The Morgan fingerprint density at radius 1 is 1.38 bits per heavy atom. The molecule has 5 N–H and O–H groups in total. The third-order valence-electron chi connectivity index (χ3n) is 2.33. The van der Waals surface area contributed by atoms with Gasteiger partial charge in [-0.25, -0.2) is 25.9 Å². The summed E-state index contributed by atoms with van der Waals surface area (Å²) in [4.78, 5) is 11.6. The number of hydrogen-bond donors (Lipinski definition) is 3. The highest BCUT2D eigenvalue weighted by atomic mass is 19.4. The molecule has 11 heteroatoms. The highest BCUT2D eigenvalue weighted by Crippen LogP contribution is 2.35. The average Bonchev–Trinajstić information content (AvgIpc) is 2.37. The number of carbonyl (C=O) groups excluding carboxylic acids is 1. The van der Waals surface area contributed by atoms with Crippen LogP contribution in [0.15, 0.2) is 12.1 Å². The molecule has 0 aliphatic rings. The van der Waals surface area contributed by atoms with E-state index in [1.807, 2.05) is 0 Å². The molecule has 0 unspecified atom stereocenters. The maximum atomic E-state index is 13.5. The monoisotopic (exact) mass is 312 g/mol. The highest BCUT2D eigenvalue weighted by Gasteiger charge is 2.35. The van der Waals surface area contributed by atoms with E-state index >= 15 is 0 Å². The molecule has 118 valence electrons. The maximum absolute atomic E-state index is 13.5. The van der Waals surface area contributed by atoms with Gasteiger partial charge in [0.1, 0.15) is 0 Å². The average molecular weight is 312 g/mol. The van der Waals surface area contributed by atoms with Crippen LogP contribution in [0.1, 0.15) is 5.56 Å². The summed E-state index contributed by atoms with van der Waals surface area (Å²) in [6, 6.07) is 0.513. The molecule has 0 spiro atoms. The fraction of sp³-hybridized carbons (Fsp3) is 0.300. The maximum Gasteiger partial charge on any atom is 0.573 e. The van der Waals surface area contributed by atoms with Gasteiger partial charge in [-0.05, 0) is 12.1 Å². The molecule has 7 nitrogen and oxygen atoms in total. The number of hydrogen-bond acceptors (Lipinski definition) is 5. The molecular weight excluding hydrogens is 300 g/mol. The van der Waals surface area contributed by atoms with Crippen molar-refractivity contribution in [2.24, 2.45) is 11.7 Å². The van der Waals surface area contributed by atoms with Crippen LogP contribution in [-0.2, 0) is 6.61 Å². The van der Waals surface area contributed by atoms with Gasteiger partial charge in [-0.15, -0.1) is 13.2 Å². The summed E-state index contributed by atoms with van der Waals surface area (Å²) in [5.41, 5.74) is -1.04. The molecule has 0 fully saturated rings. The van der Waals surface area contributed by atoms with Gasteiger partial charge in [-0.3, -0.25) is 5.01 Å². The largest absolute Gasteiger partial charge is 0.573 e. The van der Waals surface area contributed by atoms with Gasteiger partial charge in [-0.2, -0.15) is 0 Å². The first-order valence-electron chi connectivity index (χ1n) is 5.33. The van der Waals surface area contributed by atoms with Crippen molar-refractivity contribution >= 4 is 11.7 Å². The van der Waals surface area contributed by atoms with Crippen LogP contribution >= 0.6 is 0 Å². The number of urea groups is 1. The lowest BCUT2D eigenvalue weighted by molar-refractivity contribution is -0.276. The number of alkyl halides is 3. The second-order valence-electron chi connectivity index (χ2n) is 3.84. The molecule has 0 saturated carbocycles. The van der Waals surface area contributed by atoms with Crippen molar-refractivity contribution in [1.82, 2.24) is 5.01 Å². The minimum absolute atomic E-state index is 0.355. The number of aliphatic hydroxyl groups is 1. The molecule has 0 aliphatic carbocycles. The van der Waals surface area contributed by atoms with Crippen molar-refractivity contribution in [3.8, 4) is 5.75 Å². The van der Waals surface area contributed by atoms with E-state index in [0.717, 1.165) is 13.1 Å². The van der Waals surface area contributed by atoms with Gasteiger partial charge in [0.15, 0.2) is 11.6 Å². The third-order valence-corrected chi connectivity index (χ3v) is 2.33. The molecule has 0 atom stereocenters. The second kappa shape index (κ2) is 6.11. The Balaban J connectivity index is 3.35. The molecule has 21 heavy (non-hydrogen) atoms. The SMILES string of the molecule is CN(N)C(=O)N(N)c1ccc(F)c(OC(F)(F)F)c1CO. The lowest BCUT2D eigenvalue weighted by atomic mass is 10.1. The van der Waals surface area contributed by atoms with Crippen LogP contribution in [0.2, 0.25) is 0 Å². The summed E-state index contributed by atoms with van der Waals surface area (Å²) in [6.45, 7) is -1.05. The zero-order chi connectivity index (χ0) is 16.4. The standard InChI is InChI=1S/C10H12F4N4O3/c1-17(15)9(20)18(16)7-3-2-6(11)8(5(7)4-19)21-10(12,13)14/h2-3,19H,4,15-16H2,1H3. The zero-order valence-corrected chi connectivity index (χ0v) is 10.7. The summed E-state index contributed by atoms with van der Waals surface area (Å²) < 4.78 is 53.7. The molecule has 1 aromatic rings. The number of amides is 2. The van der Waals surface area contributed by atoms with Crippen LogP contribution in [0.5, 0.6) is 5.75 Å². The topological polar surface area (TPSA) is 105 Å². The molecule has 0 saturated heterocycles. The summed E-state index contributed by atoms with van der Waals surface area (Å²) in [7, 11) is 1.14. The van der Waals surface area contributed by atoms with Gasteiger partial charge in [0.05, 0.1) is 12.3 Å². The van der Waals surface area contributed by atoms with E-state index in [-0.39, 0.29) is 5.69 Å². The molecule has 0 bridgehead atoms. The van der Waals surface area contributed by atoms with E-state index < -0.39 is 36.1 Å². The highest BCUT2D eigenvalue weighted by molar-refractivity contribution is 5.91. The van der Waals surface area contributed by atoms with Crippen molar-refractivity contribution in [2.75, 3.05) is 12.1 Å². The number of nitrogens with zero attached hydrogens (tertiary/aromatic N) is 2. The van der Waals surface area contributed by atoms with Crippen molar-refractivity contribution in [1.29, 1.82) is 0 Å². The Morgan fingerprint density at radius 3 is 2.38 bits per heavy atom. The lowest BCUT2D eigenvalue weighted by Gasteiger charge is -2.24. The second-order valence-corrected chi connectivity index (χ2v) is 3.84. The number of carbonyl (C=O) groups is 1. The number of anilines is 1. The fourth-order valence-corrected chi connectivity index (χ4v) is 1.47. The van der Waals surface area contributed by atoms with Crippen molar-refractivity contribution in [3.05, 3.63) is 23.5 Å². The van der Waals surface area contributed by atoms with E-state index in [9.17, 15) is 22.4 Å². The predicted octanol–water partition coefficient (Wildman–Crippen LogP) is 0.822. The van der Waals surface area contributed by atoms with Gasteiger partial charge >= 0.3 is 12.4 Å². The Bertz CT molecular complexity index is 536. The van der Waals surface area contributed by atoms with Gasteiger partial charge < -0.3 is 9.84 Å². The Labute approximate surface area is 116 Å². The zero-order valence-electron chi connectivity index (χ0n) is 10.7. The number of benzene rings is 1. The van der Waals surface area contributed by atoms with Crippen LogP contribution < -0.4 is 21.4 Å². The number of nitrogens with two attached hydrogens (primary N) is 2. The Kier molecular flexibility index (Phi) is 4.93. The van der Waals surface area contributed by atoms with Crippen LogP contribution in [-0.4, -0.2) is 29.6 Å². The van der Waals surface area contributed by atoms with Crippen molar-refractivity contribution in [3.63, 3.8) is 0 Å². The number of aliphatic hydroxyl groups excluding tert-OH is 1. The minimum Gasteiger partial charge on any atom is -0.402 e. The summed E-state index contributed by atoms with van der Waals surface area (Å²) in [6.07, 6.45) is -5.18. The number of ether oxygens (including phenoxy) is 1. The summed E-state index contributed by atoms with van der Waals surface area (Å²) in [5.74, 6) is 7.89. The van der Waals surface area contributed by atoms with E-state index in [1.54, 1.807) is 0 Å². The first kappa shape index (κ1) is 16.9. The number of halogens is 4. The van der Waals surface area contributed by atoms with Crippen LogP contribution in [0, 0.1) is 5.82 Å². The molecule has 0 radical (unpaired) electrons. The van der Waals surface area contributed by atoms with Crippen LogP contribution in [0.3, 0.4) is 0 Å². The van der Waals surface area contributed by atoms with E-state index in [2.05, 4.69) is 4.74 Å². The minimum atomic E-state index is -5.18. The van der Waals surface area contributed by atoms with Gasteiger partial charge in [0.2, 0.25) is 0 Å². The number of hydrazine groups is 2. The third kappa shape index (κ3) is 3.93. The summed E-state index contributed by atoms with van der Waals surface area (Å²) >= 11 is 0. The molecular formula is C10H12F4N4O3. The smallest absolute Gasteiger partial charge is 0.402 e. The lowest BCUT2D eigenvalue weighted by Crippen LogP contribution is -2.49. The first-order chi connectivity index (χ1) is 9.58. The fourth-order valence-electron chi connectivity index (χ4n) is 1.47. The van der Waals surface area contributed by atoms with Crippen LogP contribution in [0.4, 0.5) is 28.0 Å². The van der Waals surface area contributed by atoms with Gasteiger partial charge in [0.25, 0.3) is 0 Å². The molecule has 2 amide bonds. The molecule has 0 heterocycles. The van der Waals surface area contributed by atoms with Gasteiger partial charge in [0, 0.05) is 12.6 Å². The quantitative estimate of drug-likeness (QED) is 0.332. The van der Waals surface area contributed by atoms with Gasteiger partial charge in [-0.1, -0.05) is 0 Å². The first-order valence-corrected chi connectivity index (χ1v) is 5.33. The molecule has 0 aliphatic heterocycles. The normalized spacial score (nSPS) is 11.2. The van der Waals surface area contributed by atoms with E-state index in [0.29, 0.717) is 16.1 Å². The Morgan fingerprint density at radius 2 is 1.95 bits per heavy atom. The van der Waals surface area contributed by atoms with E-state index in [4.69, 9.17) is 16.8 Å². The molecule has 1 aromatic carbocycles. The van der Waals surface area contributed by atoms with E-state index in [1.165, 1.54) is 0 Å². The molecule has 1 rings (SSSR count). The summed E-state index contributed by atoms with van der Waals surface area (Å²) in [5, 5.41) is 10.0. The van der Waals surface area contributed by atoms with Crippen molar-refractivity contribution < 1.29 is 32.2 Å². The van der Waals surface area contributed by atoms with Crippen LogP contribution in [0.25, 0.3) is 0 Å². The molecule has 0 aromatic heterocycles.